The van der Waals surface area contributed by atoms with E-state index in [9.17, 15) is 30.1 Å². The molecule has 0 radical (unpaired) electrons. The lowest BCUT2D eigenvalue weighted by Crippen LogP contribution is -2.58. The number of hydrogen-bond acceptors (Lipinski definition) is 8. The Bertz CT molecular complexity index is 676. The fourth-order valence-electron chi connectivity index (χ4n) is 4.37. The van der Waals surface area contributed by atoms with Crippen LogP contribution in [0.25, 0.3) is 0 Å². The Morgan fingerprint density at radius 3 is 2.56 bits per heavy atom. The van der Waals surface area contributed by atoms with Crippen LogP contribution in [0.15, 0.2) is 11.6 Å². The molecule has 0 aromatic carbocycles. The number of aliphatic hydroxyl groups is 3. The summed E-state index contributed by atoms with van der Waals surface area (Å²) in [5, 5.41) is 44.2. The first-order chi connectivity index (χ1) is 12.5. The molecule has 1 unspecified atom stereocenters. The molecule has 152 valence electrons. The number of carbonyl (C=O) groups is 2. The number of nitrogens with zero attached hydrogens (tertiary/aromatic N) is 1. The van der Waals surface area contributed by atoms with Gasteiger partial charge in [-0.05, 0) is 13.0 Å². The molecule has 3 N–H and O–H groups in total. The first-order valence-electron chi connectivity index (χ1n) is 9.18. The maximum atomic E-state index is 13.0. The predicted molar refractivity (Wildman–Crippen MR) is 91.7 cm³/mol. The van der Waals surface area contributed by atoms with Gasteiger partial charge in [0, 0.05) is 23.8 Å². The number of cyclic esters (lactones) is 1. The Hall–Kier alpha value is -1.52. The van der Waals surface area contributed by atoms with Gasteiger partial charge in [-0.25, -0.2) is 9.59 Å². The summed E-state index contributed by atoms with van der Waals surface area (Å²) in [5.74, 6) is -3.93. The van der Waals surface area contributed by atoms with Gasteiger partial charge in [-0.2, -0.15) is 0 Å². The van der Waals surface area contributed by atoms with Crippen LogP contribution in [0.1, 0.15) is 27.2 Å². The van der Waals surface area contributed by atoms with Crippen LogP contribution in [-0.4, -0.2) is 81.6 Å². The van der Waals surface area contributed by atoms with E-state index in [1.165, 1.54) is 20.8 Å². The van der Waals surface area contributed by atoms with Crippen molar-refractivity contribution in [2.75, 3.05) is 26.3 Å². The molecule has 7 atom stereocenters. The Morgan fingerprint density at radius 2 is 1.93 bits per heavy atom. The van der Waals surface area contributed by atoms with Gasteiger partial charge in [0.15, 0.2) is 23.3 Å². The van der Waals surface area contributed by atoms with Crippen LogP contribution in [0.3, 0.4) is 0 Å². The highest BCUT2D eigenvalue weighted by atomic mass is 16.6. The van der Waals surface area contributed by atoms with Gasteiger partial charge in [0.05, 0.1) is 19.7 Å². The average Bonchev–Trinajstić information content (AvgIpc) is 3.12. The molecule has 3 aliphatic rings. The molecule has 0 aliphatic carbocycles. The van der Waals surface area contributed by atoms with Crippen molar-refractivity contribution in [1.82, 2.24) is 0 Å². The number of ether oxygens (including phenoxy) is 2. The fraction of sp³-hybridized carbons (Fsp3) is 0.778. The van der Waals surface area contributed by atoms with Gasteiger partial charge >= 0.3 is 11.9 Å². The monoisotopic (exact) mass is 385 g/mol. The molecule has 0 bridgehead atoms. The quantitative estimate of drug-likeness (QED) is 0.232. The summed E-state index contributed by atoms with van der Waals surface area (Å²) in [5.41, 5.74) is -3.80. The van der Waals surface area contributed by atoms with Crippen LogP contribution >= 0.6 is 0 Å². The van der Waals surface area contributed by atoms with Gasteiger partial charge < -0.3 is 34.6 Å². The van der Waals surface area contributed by atoms with E-state index in [0.29, 0.717) is 12.0 Å². The summed E-state index contributed by atoms with van der Waals surface area (Å²) in [6.07, 6.45) is 1.22. The highest BCUT2D eigenvalue weighted by Gasteiger charge is 2.56. The van der Waals surface area contributed by atoms with Gasteiger partial charge in [-0.1, -0.05) is 13.8 Å². The third-order valence-electron chi connectivity index (χ3n) is 6.72. The van der Waals surface area contributed by atoms with E-state index in [1.54, 1.807) is 6.08 Å². The summed E-state index contributed by atoms with van der Waals surface area (Å²) in [7, 11) is 0. The molecule has 9 heteroatoms. The first-order valence-corrected chi connectivity index (χ1v) is 9.18. The third kappa shape index (κ3) is 2.98. The van der Waals surface area contributed by atoms with Crippen molar-refractivity contribution in [3.8, 4) is 0 Å². The SMILES string of the molecule is C[C@@H]1[C@@H](C)[C@](O)(CO)C(=O)O[C@@H]2CC[N+]3([O-])CC=C(COC(=O)[C@]1(C)O)[C@H]23. The van der Waals surface area contributed by atoms with E-state index >= 15 is 0 Å². The summed E-state index contributed by atoms with van der Waals surface area (Å²) < 4.78 is 10.1. The van der Waals surface area contributed by atoms with E-state index in [1.807, 2.05) is 0 Å². The number of quaternary nitrogens is 1. The van der Waals surface area contributed by atoms with Crippen molar-refractivity contribution >= 4 is 11.9 Å². The van der Waals surface area contributed by atoms with Crippen molar-refractivity contribution in [2.24, 2.45) is 11.8 Å². The lowest BCUT2D eigenvalue weighted by atomic mass is 9.73. The van der Waals surface area contributed by atoms with Crippen molar-refractivity contribution < 1.29 is 39.0 Å². The van der Waals surface area contributed by atoms with E-state index < -0.39 is 58.4 Å². The molecule has 2 fully saturated rings. The van der Waals surface area contributed by atoms with Gasteiger partial charge in [-0.15, -0.1) is 0 Å². The minimum absolute atomic E-state index is 0.165. The van der Waals surface area contributed by atoms with E-state index in [-0.39, 0.29) is 19.7 Å². The standard InChI is InChI=1S/C18H27NO8/c1-10-11(2)18(24,9-20)16(22)27-13-5-7-19(25)6-4-12(14(13)19)8-26-15(21)17(10,3)23/h4,10-11,13-14,20,23-24H,5-9H2,1-3H3/t10-,11-,13-,14-,17-,18-,19?/m1/s1. The minimum atomic E-state index is -2.33. The van der Waals surface area contributed by atoms with Crippen molar-refractivity contribution in [3.05, 3.63) is 16.9 Å². The van der Waals surface area contributed by atoms with Crippen molar-refractivity contribution in [2.45, 2.75) is 50.5 Å². The molecular formula is C18H27NO8. The Kier molecular flexibility index (Phi) is 4.89. The van der Waals surface area contributed by atoms with Crippen LogP contribution in [0.5, 0.6) is 0 Å². The second kappa shape index (κ2) is 6.52. The molecule has 3 rings (SSSR count). The van der Waals surface area contributed by atoms with Crippen LogP contribution in [0.2, 0.25) is 0 Å². The molecular weight excluding hydrogens is 358 g/mol. The molecule has 2 saturated heterocycles. The first kappa shape index (κ1) is 20.2. The largest absolute Gasteiger partial charge is 0.632 e. The maximum absolute atomic E-state index is 13.0. The Morgan fingerprint density at radius 1 is 1.26 bits per heavy atom. The highest BCUT2D eigenvalue weighted by Crippen LogP contribution is 2.40. The minimum Gasteiger partial charge on any atom is -0.632 e. The summed E-state index contributed by atoms with van der Waals surface area (Å²) in [6, 6.07) is -0.721. The van der Waals surface area contributed by atoms with Crippen LogP contribution in [0, 0.1) is 17.0 Å². The van der Waals surface area contributed by atoms with Gasteiger partial charge in [0.2, 0.25) is 0 Å². The third-order valence-corrected chi connectivity index (χ3v) is 6.72. The van der Waals surface area contributed by atoms with Crippen LogP contribution in [-0.2, 0) is 19.1 Å². The molecule has 27 heavy (non-hydrogen) atoms. The zero-order valence-corrected chi connectivity index (χ0v) is 15.8. The molecule has 0 aromatic heterocycles. The summed E-state index contributed by atoms with van der Waals surface area (Å²) in [4.78, 5) is 25.2. The van der Waals surface area contributed by atoms with Crippen LogP contribution < -0.4 is 0 Å². The smallest absolute Gasteiger partial charge is 0.341 e. The lowest BCUT2D eigenvalue weighted by molar-refractivity contribution is -0.877. The average molecular weight is 385 g/mol. The van der Waals surface area contributed by atoms with Gasteiger partial charge in [0.25, 0.3) is 0 Å². The molecule has 0 saturated carbocycles. The van der Waals surface area contributed by atoms with E-state index in [4.69, 9.17) is 9.47 Å². The van der Waals surface area contributed by atoms with E-state index in [0.717, 1.165) is 0 Å². The Balaban J connectivity index is 2.02. The molecule has 9 nitrogen and oxygen atoms in total. The lowest BCUT2D eigenvalue weighted by Gasteiger charge is -2.42. The zero-order valence-electron chi connectivity index (χ0n) is 15.8. The Labute approximate surface area is 157 Å². The number of rotatable bonds is 1. The summed E-state index contributed by atoms with van der Waals surface area (Å²) in [6.45, 7) is 3.47. The van der Waals surface area contributed by atoms with Gasteiger partial charge in [-0.3, -0.25) is 0 Å². The van der Waals surface area contributed by atoms with E-state index in [2.05, 4.69) is 0 Å². The summed E-state index contributed by atoms with van der Waals surface area (Å²) >= 11 is 0. The molecule has 3 heterocycles. The normalized spacial score (nSPS) is 48.0. The van der Waals surface area contributed by atoms with Crippen LogP contribution in [0.4, 0.5) is 0 Å². The number of aliphatic hydroxyl groups excluding tert-OH is 1. The zero-order chi connectivity index (χ0) is 20.2. The maximum Gasteiger partial charge on any atom is 0.341 e. The topological polar surface area (TPSA) is 136 Å². The molecule has 0 spiro atoms. The van der Waals surface area contributed by atoms with Crippen molar-refractivity contribution in [3.63, 3.8) is 0 Å². The second-order valence-electron chi connectivity index (χ2n) is 8.20. The predicted octanol–water partition coefficient (Wildman–Crippen LogP) is -0.771. The number of hydrogen-bond donors (Lipinski definition) is 3. The molecule has 0 aromatic rings. The molecule has 0 amide bonds. The number of carbonyl (C=O) groups excluding carboxylic acids is 2. The second-order valence-corrected chi connectivity index (χ2v) is 8.20. The number of hydroxylamine groups is 3. The highest BCUT2D eigenvalue weighted by molar-refractivity contribution is 5.82. The van der Waals surface area contributed by atoms with Gasteiger partial charge in [0.1, 0.15) is 6.61 Å². The number of esters is 2. The fourth-order valence-corrected chi connectivity index (χ4v) is 4.37. The molecule has 3 aliphatic heterocycles. The van der Waals surface area contributed by atoms with Crippen molar-refractivity contribution in [1.29, 1.82) is 0 Å².